The summed E-state index contributed by atoms with van der Waals surface area (Å²) in [4.78, 5) is 21.4. The molecule has 1 saturated carbocycles. The molecule has 8 nitrogen and oxygen atoms in total. The molecule has 37 heavy (non-hydrogen) atoms. The van der Waals surface area contributed by atoms with Crippen LogP contribution in [0.2, 0.25) is 0 Å². The Hall–Kier alpha value is -2.71. The van der Waals surface area contributed by atoms with E-state index in [1.807, 2.05) is 45.0 Å². The largest absolute Gasteiger partial charge is 0.370 e. The molecule has 2 amide bonds. The first-order chi connectivity index (χ1) is 18.0. The lowest BCUT2D eigenvalue weighted by Gasteiger charge is -2.28. The van der Waals surface area contributed by atoms with E-state index in [9.17, 15) is 4.79 Å². The van der Waals surface area contributed by atoms with Gasteiger partial charge in [-0.05, 0) is 75.6 Å². The van der Waals surface area contributed by atoms with Gasteiger partial charge in [-0.3, -0.25) is 10.6 Å². The summed E-state index contributed by atoms with van der Waals surface area (Å²) in [5, 5.41) is 16.5. The van der Waals surface area contributed by atoms with Crippen molar-refractivity contribution >= 4 is 23.5 Å². The summed E-state index contributed by atoms with van der Waals surface area (Å²) in [7, 11) is 0. The molecule has 2 atom stereocenters. The van der Waals surface area contributed by atoms with Gasteiger partial charge >= 0.3 is 6.03 Å². The number of hydrogen-bond donors (Lipinski definition) is 5. The average Bonchev–Trinajstić information content (AvgIpc) is 3.36. The van der Waals surface area contributed by atoms with Crippen LogP contribution in [-0.2, 0) is 0 Å². The van der Waals surface area contributed by atoms with E-state index in [4.69, 9.17) is 0 Å². The summed E-state index contributed by atoms with van der Waals surface area (Å²) in [5.74, 6) is 1.82. The normalized spacial score (nSPS) is 21.1. The van der Waals surface area contributed by atoms with Crippen LogP contribution in [0.1, 0.15) is 81.0 Å². The lowest BCUT2D eigenvalue weighted by atomic mass is 9.85. The number of anilines is 3. The fourth-order valence-electron chi connectivity index (χ4n) is 5.71. The Balaban J connectivity index is 1.24. The van der Waals surface area contributed by atoms with Gasteiger partial charge in [0.1, 0.15) is 5.82 Å². The van der Waals surface area contributed by atoms with Crippen molar-refractivity contribution < 1.29 is 4.79 Å². The predicted octanol–water partition coefficient (Wildman–Crippen LogP) is 5.88. The summed E-state index contributed by atoms with van der Waals surface area (Å²) in [6.07, 6.45) is 13.3. The van der Waals surface area contributed by atoms with E-state index < -0.39 is 0 Å². The van der Waals surface area contributed by atoms with Crippen LogP contribution in [0.4, 0.5) is 22.2 Å². The van der Waals surface area contributed by atoms with Crippen molar-refractivity contribution in [2.75, 3.05) is 29.2 Å². The molecule has 1 aromatic carbocycles. The highest BCUT2D eigenvalue weighted by molar-refractivity contribution is 5.98. The number of aryl methyl sites for hydroxylation is 3. The second-order valence-corrected chi connectivity index (χ2v) is 10.8. The van der Waals surface area contributed by atoms with E-state index in [2.05, 4.69) is 36.6 Å². The number of aromatic nitrogens is 2. The molecule has 0 radical (unpaired) electrons. The number of benzene rings is 1. The van der Waals surface area contributed by atoms with Crippen molar-refractivity contribution in [2.45, 2.75) is 97.1 Å². The third-order valence-electron chi connectivity index (χ3n) is 7.89. The molecule has 4 rings (SSSR count). The summed E-state index contributed by atoms with van der Waals surface area (Å²) in [5.41, 5.74) is 3.87. The van der Waals surface area contributed by atoms with Gasteiger partial charge in [0.15, 0.2) is 0 Å². The number of carbonyl (C=O) groups is 1. The van der Waals surface area contributed by atoms with Gasteiger partial charge in [0, 0.05) is 42.7 Å². The molecule has 1 saturated heterocycles. The smallest absolute Gasteiger partial charge is 0.326 e. The van der Waals surface area contributed by atoms with Gasteiger partial charge in [0.25, 0.3) is 0 Å². The van der Waals surface area contributed by atoms with Crippen LogP contribution >= 0.6 is 0 Å². The van der Waals surface area contributed by atoms with Crippen LogP contribution in [-0.4, -0.2) is 41.3 Å². The van der Waals surface area contributed by atoms with E-state index in [-0.39, 0.29) is 6.03 Å². The first-order valence-electron chi connectivity index (χ1n) is 14.2. The van der Waals surface area contributed by atoms with Crippen molar-refractivity contribution in [3.05, 3.63) is 41.1 Å². The van der Waals surface area contributed by atoms with Crippen LogP contribution in [0.25, 0.3) is 0 Å². The van der Waals surface area contributed by atoms with Gasteiger partial charge in [0.05, 0.1) is 0 Å². The Morgan fingerprint density at radius 1 is 0.919 bits per heavy atom. The Bertz CT molecular complexity index is 1020. The maximum absolute atomic E-state index is 12.5. The van der Waals surface area contributed by atoms with E-state index in [1.54, 1.807) is 0 Å². The molecule has 0 spiro atoms. The molecule has 2 fully saturated rings. The Labute approximate surface area is 222 Å². The molecule has 5 N–H and O–H groups in total. The molecule has 1 aromatic heterocycles. The highest BCUT2D eigenvalue weighted by atomic mass is 16.2. The van der Waals surface area contributed by atoms with Gasteiger partial charge in [-0.1, -0.05) is 44.6 Å². The third kappa shape index (κ3) is 8.40. The third-order valence-corrected chi connectivity index (χ3v) is 7.89. The van der Waals surface area contributed by atoms with Crippen LogP contribution in [0, 0.1) is 26.7 Å². The number of amides is 2. The topological polar surface area (TPSA) is 103 Å². The lowest BCUT2D eigenvalue weighted by Crippen LogP contribution is -2.40. The number of nitrogens with zero attached hydrogens (tertiary/aromatic N) is 2. The van der Waals surface area contributed by atoms with E-state index >= 15 is 0 Å². The molecule has 2 unspecified atom stereocenters. The summed E-state index contributed by atoms with van der Waals surface area (Å²) < 4.78 is 0. The van der Waals surface area contributed by atoms with Crippen molar-refractivity contribution in [3.63, 3.8) is 0 Å². The molecule has 8 heteroatoms. The molecule has 2 aromatic rings. The minimum atomic E-state index is -0.351. The molecule has 2 aliphatic rings. The fraction of sp³-hybridized carbons (Fsp3) is 0.621. The van der Waals surface area contributed by atoms with Crippen molar-refractivity contribution in [1.82, 2.24) is 20.6 Å². The predicted molar refractivity (Wildman–Crippen MR) is 152 cm³/mol. The van der Waals surface area contributed by atoms with Crippen molar-refractivity contribution in [1.29, 1.82) is 0 Å². The maximum atomic E-state index is 12.5. The van der Waals surface area contributed by atoms with Gasteiger partial charge < -0.3 is 16.0 Å². The number of hydrogen-bond acceptors (Lipinski definition) is 6. The van der Waals surface area contributed by atoms with Crippen LogP contribution in [0.15, 0.2) is 24.3 Å². The molecule has 202 valence electrons. The minimum Gasteiger partial charge on any atom is -0.370 e. The Morgan fingerprint density at radius 3 is 2.43 bits per heavy atom. The Kier molecular flexibility index (Phi) is 10.1. The van der Waals surface area contributed by atoms with Gasteiger partial charge in [-0.2, -0.15) is 4.98 Å². The van der Waals surface area contributed by atoms with E-state index in [0.717, 1.165) is 54.7 Å². The summed E-state index contributed by atoms with van der Waals surface area (Å²) in [6, 6.07) is 8.53. The highest BCUT2D eigenvalue weighted by Gasteiger charge is 2.32. The first kappa shape index (κ1) is 27.3. The summed E-state index contributed by atoms with van der Waals surface area (Å²) in [6.45, 7) is 7.74. The second kappa shape index (κ2) is 13.7. The number of rotatable bonds is 8. The fourth-order valence-corrected chi connectivity index (χ4v) is 5.71. The van der Waals surface area contributed by atoms with Gasteiger partial charge in [-0.25, -0.2) is 9.78 Å². The monoisotopic (exact) mass is 507 g/mol. The minimum absolute atomic E-state index is 0.297. The quantitative estimate of drug-likeness (QED) is 0.286. The van der Waals surface area contributed by atoms with Crippen molar-refractivity contribution in [3.8, 4) is 0 Å². The van der Waals surface area contributed by atoms with Crippen LogP contribution in [0.3, 0.4) is 0 Å². The standard InChI is InChI=1S/C29H45N7O/c1-20-14-15-24(17-21(20)2)34-29(37)36-28-33-22(3)18-26(35-28)30-16-10-13-25-27(32-19-31-25)23-11-8-6-4-5-7-9-12-23/h14-15,17-18,23,25,27,31-32H,4-13,16,19H2,1-3H3,(H3,30,33,34,35,36,37). The zero-order chi connectivity index (χ0) is 26.0. The van der Waals surface area contributed by atoms with E-state index in [0.29, 0.717) is 18.0 Å². The molecule has 1 aliphatic carbocycles. The zero-order valence-corrected chi connectivity index (χ0v) is 22.8. The zero-order valence-electron chi connectivity index (χ0n) is 22.8. The first-order valence-corrected chi connectivity index (χ1v) is 14.2. The Morgan fingerprint density at radius 2 is 1.68 bits per heavy atom. The van der Waals surface area contributed by atoms with Gasteiger partial charge in [-0.15, -0.1) is 0 Å². The SMILES string of the molecule is Cc1cc(NCCCC2NCNC2C2CCCCCCCC2)nc(NC(=O)Nc2ccc(C)c(C)c2)n1. The molecular formula is C29H45N7O. The van der Waals surface area contributed by atoms with Crippen LogP contribution in [0.5, 0.6) is 0 Å². The molecule has 1 aliphatic heterocycles. The van der Waals surface area contributed by atoms with Crippen LogP contribution < -0.4 is 26.6 Å². The molecular weight excluding hydrogens is 462 g/mol. The second-order valence-electron chi connectivity index (χ2n) is 10.8. The van der Waals surface area contributed by atoms with Crippen molar-refractivity contribution in [2.24, 2.45) is 5.92 Å². The number of nitrogens with one attached hydrogen (secondary N) is 5. The average molecular weight is 508 g/mol. The molecule has 0 bridgehead atoms. The maximum Gasteiger partial charge on any atom is 0.326 e. The van der Waals surface area contributed by atoms with Gasteiger partial charge in [0.2, 0.25) is 5.95 Å². The highest BCUT2D eigenvalue weighted by Crippen LogP contribution is 2.28. The van der Waals surface area contributed by atoms with E-state index in [1.165, 1.54) is 56.9 Å². The lowest BCUT2D eigenvalue weighted by molar-refractivity contribution is 0.262. The summed E-state index contributed by atoms with van der Waals surface area (Å²) >= 11 is 0. The number of carbonyl (C=O) groups excluding carboxylic acids is 1. The number of urea groups is 1. The molecule has 2 heterocycles.